The first kappa shape index (κ1) is 15.4. The number of likely N-dealkylation sites (N-methyl/N-ethyl adjacent to an activating group) is 1. The number of hydrogen-bond donors (Lipinski definition) is 2. The van der Waals surface area contributed by atoms with E-state index in [1.807, 2.05) is 7.05 Å². The maximum Gasteiger partial charge on any atom is 0.305 e. The minimum absolute atomic E-state index is 0.0317. The lowest BCUT2D eigenvalue weighted by molar-refractivity contribution is -0.141. The van der Waals surface area contributed by atoms with Crippen molar-refractivity contribution in [1.29, 1.82) is 0 Å². The molecule has 18 heavy (non-hydrogen) atoms. The van der Waals surface area contributed by atoms with Crippen molar-refractivity contribution in [2.24, 2.45) is 0 Å². The minimum Gasteiger partial charge on any atom is -0.481 e. The molecule has 1 saturated carbocycles. The fourth-order valence-electron chi connectivity index (χ4n) is 2.79. The third-order valence-electron chi connectivity index (χ3n) is 3.88. The van der Waals surface area contributed by atoms with Gasteiger partial charge in [-0.05, 0) is 19.9 Å². The summed E-state index contributed by atoms with van der Waals surface area (Å²) in [7, 11) is 1.98. The molecule has 0 unspecified atom stereocenters. The molecule has 1 fully saturated rings. The predicted octanol–water partition coefficient (Wildman–Crippen LogP) is 1.10. The van der Waals surface area contributed by atoms with Crippen LogP contribution in [0.3, 0.4) is 0 Å². The molecule has 0 saturated heterocycles. The van der Waals surface area contributed by atoms with Gasteiger partial charge in [-0.1, -0.05) is 19.3 Å². The molecule has 0 aromatic heterocycles. The number of carboxylic acid groups (broad SMARTS) is 1. The summed E-state index contributed by atoms with van der Waals surface area (Å²) in [5.41, 5.74) is -0.202. The molecular weight excluding hydrogens is 234 g/mol. The van der Waals surface area contributed by atoms with Gasteiger partial charge in [0.25, 0.3) is 0 Å². The summed E-state index contributed by atoms with van der Waals surface area (Å²) in [6.45, 7) is 1.63. The molecule has 0 amide bonds. The zero-order valence-electron chi connectivity index (χ0n) is 11.2. The molecule has 0 atom stereocenters. The van der Waals surface area contributed by atoms with Gasteiger partial charge in [0.1, 0.15) is 0 Å². The number of carboxylic acids is 1. The van der Waals surface area contributed by atoms with E-state index in [0.717, 1.165) is 25.7 Å². The molecule has 106 valence electrons. The molecule has 2 N–H and O–H groups in total. The van der Waals surface area contributed by atoms with Crippen molar-refractivity contribution < 1.29 is 19.7 Å². The second kappa shape index (κ2) is 7.71. The molecule has 0 heterocycles. The number of rotatable bonds is 8. The Hall–Kier alpha value is -0.650. The number of carbonyl (C=O) groups is 1. The zero-order valence-corrected chi connectivity index (χ0v) is 11.2. The lowest BCUT2D eigenvalue weighted by atomic mass is 9.78. The van der Waals surface area contributed by atoms with Crippen LogP contribution in [0, 0.1) is 0 Å². The molecule has 0 spiro atoms. The molecular formula is C13H25NO4. The third kappa shape index (κ3) is 4.55. The molecule has 5 heteroatoms. The number of hydrogen-bond acceptors (Lipinski definition) is 4. The van der Waals surface area contributed by atoms with Crippen LogP contribution in [0.25, 0.3) is 0 Å². The van der Waals surface area contributed by atoms with Gasteiger partial charge in [0.2, 0.25) is 0 Å². The highest BCUT2D eigenvalue weighted by Crippen LogP contribution is 2.35. The molecule has 0 bridgehead atoms. The summed E-state index contributed by atoms with van der Waals surface area (Å²) in [5, 5.41) is 17.7. The normalized spacial score (nSPS) is 19.1. The molecule has 0 aromatic carbocycles. The number of aliphatic carboxylic acids is 1. The second-order valence-electron chi connectivity index (χ2n) is 5.11. The highest BCUT2D eigenvalue weighted by molar-refractivity contribution is 5.68. The van der Waals surface area contributed by atoms with Crippen LogP contribution in [-0.4, -0.2) is 60.0 Å². The van der Waals surface area contributed by atoms with E-state index in [9.17, 15) is 4.79 Å². The van der Waals surface area contributed by atoms with E-state index in [1.54, 1.807) is 0 Å². The molecule has 5 nitrogen and oxygen atoms in total. The Morgan fingerprint density at radius 1 is 1.28 bits per heavy atom. The standard InChI is InChI=1S/C13H25NO4/c1-14(7-9-18-10-8-15)13(11-12(16)17)5-3-2-4-6-13/h15H,2-11H2,1H3,(H,16,17). The average Bonchev–Trinajstić information content (AvgIpc) is 2.34. The van der Waals surface area contributed by atoms with Gasteiger partial charge in [-0.2, -0.15) is 0 Å². The summed E-state index contributed by atoms with van der Waals surface area (Å²) in [6, 6.07) is 0. The minimum atomic E-state index is -0.722. The lowest BCUT2D eigenvalue weighted by Crippen LogP contribution is -2.50. The highest BCUT2D eigenvalue weighted by Gasteiger charge is 2.37. The Kier molecular flexibility index (Phi) is 6.60. The zero-order chi connectivity index (χ0) is 13.4. The van der Waals surface area contributed by atoms with Crippen LogP contribution in [0.4, 0.5) is 0 Å². The molecule has 0 radical (unpaired) electrons. The fraction of sp³-hybridized carbons (Fsp3) is 0.923. The van der Waals surface area contributed by atoms with Crippen molar-refractivity contribution in [3.63, 3.8) is 0 Å². The van der Waals surface area contributed by atoms with Gasteiger partial charge in [0, 0.05) is 12.1 Å². The SMILES string of the molecule is CN(CCOCCO)C1(CC(=O)O)CCCCC1. The van der Waals surface area contributed by atoms with Crippen molar-refractivity contribution in [3.05, 3.63) is 0 Å². The largest absolute Gasteiger partial charge is 0.481 e. The molecule has 1 aliphatic carbocycles. The number of ether oxygens (including phenoxy) is 1. The number of nitrogens with zero attached hydrogens (tertiary/aromatic N) is 1. The van der Waals surface area contributed by atoms with Crippen LogP contribution in [0.1, 0.15) is 38.5 Å². The molecule has 1 aliphatic rings. The number of aliphatic hydroxyl groups excluding tert-OH is 1. The van der Waals surface area contributed by atoms with E-state index in [-0.39, 0.29) is 18.6 Å². The lowest BCUT2D eigenvalue weighted by Gasteiger charge is -2.44. The first-order valence-corrected chi connectivity index (χ1v) is 6.72. The van der Waals surface area contributed by atoms with Gasteiger partial charge in [-0.25, -0.2) is 0 Å². The topological polar surface area (TPSA) is 70.0 Å². The summed E-state index contributed by atoms with van der Waals surface area (Å²) >= 11 is 0. The summed E-state index contributed by atoms with van der Waals surface area (Å²) in [6.07, 6.45) is 5.54. The van der Waals surface area contributed by atoms with E-state index >= 15 is 0 Å². The first-order valence-electron chi connectivity index (χ1n) is 6.72. The van der Waals surface area contributed by atoms with Gasteiger partial charge in [-0.15, -0.1) is 0 Å². The smallest absolute Gasteiger partial charge is 0.305 e. The first-order chi connectivity index (χ1) is 8.60. The van der Waals surface area contributed by atoms with Crippen LogP contribution in [0.5, 0.6) is 0 Å². The fourth-order valence-corrected chi connectivity index (χ4v) is 2.79. The monoisotopic (exact) mass is 259 g/mol. The predicted molar refractivity (Wildman–Crippen MR) is 68.6 cm³/mol. The van der Waals surface area contributed by atoms with Gasteiger partial charge in [0.05, 0.1) is 26.2 Å². The van der Waals surface area contributed by atoms with E-state index in [4.69, 9.17) is 14.9 Å². The average molecular weight is 259 g/mol. The third-order valence-corrected chi connectivity index (χ3v) is 3.88. The van der Waals surface area contributed by atoms with Gasteiger partial charge in [0.15, 0.2) is 0 Å². The van der Waals surface area contributed by atoms with Crippen molar-refractivity contribution >= 4 is 5.97 Å². The van der Waals surface area contributed by atoms with Crippen LogP contribution in [0.2, 0.25) is 0 Å². The Morgan fingerprint density at radius 3 is 2.50 bits per heavy atom. The Bertz CT molecular complexity index is 251. The summed E-state index contributed by atoms with van der Waals surface area (Å²) < 4.78 is 5.26. The van der Waals surface area contributed by atoms with Crippen molar-refractivity contribution in [2.45, 2.75) is 44.1 Å². The van der Waals surface area contributed by atoms with E-state index in [0.29, 0.717) is 19.8 Å². The van der Waals surface area contributed by atoms with Crippen LogP contribution in [-0.2, 0) is 9.53 Å². The van der Waals surface area contributed by atoms with Gasteiger partial charge in [-0.3, -0.25) is 9.69 Å². The Balaban J connectivity index is 2.50. The Labute approximate surface area is 109 Å². The highest BCUT2D eigenvalue weighted by atomic mass is 16.5. The summed E-state index contributed by atoms with van der Waals surface area (Å²) in [5.74, 6) is -0.722. The quantitative estimate of drug-likeness (QED) is 0.639. The Morgan fingerprint density at radius 2 is 1.94 bits per heavy atom. The van der Waals surface area contributed by atoms with E-state index < -0.39 is 5.97 Å². The van der Waals surface area contributed by atoms with Crippen LogP contribution >= 0.6 is 0 Å². The van der Waals surface area contributed by atoms with Crippen LogP contribution < -0.4 is 0 Å². The van der Waals surface area contributed by atoms with E-state index in [1.165, 1.54) is 6.42 Å². The maximum atomic E-state index is 11.1. The number of aliphatic hydroxyl groups is 1. The van der Waals surface area contributed by atoms with Gasteiger partial charge >= 0.3 is 5.97 Å². The molecule has 0 aromatic rings. The van der Waals surface area contributed by atoms with Crippen molar-refractivity contribution in [1.82, 2.24) is 4.90 Å². The van der Waals surface area contributed by atoms with Crippen molar-refractivity contribution in [2.75, 3.05) is 33.4 Å². The van der Waals surface area contributed by atoms with Crippen molar-refractivity contribution in [3.8, 4) is 0 Å². The molecule has 0 aliphatic heterocycles. The van der Waals surface area contributed by atoms with Crippen LogP contribution in [0.15, 0.2) is 0 Å². The summed E-state index contributed by atoms with van der Waals surface area (Å²) in [4.78, 5) is 13.2. The maximum absolute atomic E-state index is 11.1. The second-order valence-corrected chi connectivity index (χ2v) is 5.11. The molecule has 1 rings (SSSR count). The van der Waals surface area contributed by atoms with Gasteiger partial charge < -0.3 is 14.9 Å². The van der Waals surface area contributed by atoms with E-state index in [2.05, 4.69) is 4.90 Å².